The number of thiazole rings is 1. The molecule has 0 atom stereocenters. The average molecular weight is 508 g/mol. The molecule has 1 aliphatic carbocycles. The summed E-state index contributed by atoms with van der Waals surface area (Å²) in [6.45, 7) is 0. The Bertz CT molecular complexity index is 1950. The topological polar surface area (TPSA) is 64.8 Å². The molecule has 0 N–H and O–H groups in total. The second kappa shape index (κ2) is 8.77. The van der Waals surface area contributed by atoms with Crippen molar-refractivity contribution < 1.29 is 9.59 Å². The maximum atomic E-state index is 13.4. The summed E-state index contributed by atoms with van der Waals surface area (Å²) in [6, 6.07) is 30.7. The molecule has 0 bridgehead atoms. The zero-order valence-corrected chi connectivity index (χ0v) is 20.7. The summed E-state index contributed by atoms with van der Waals surface area (Å²) in [7, 11) is 0. The number of carbonyl (C=O) groups is 2. The average Bonchev–Trinajstić information content (AvgIpc) is 3.57. The van der Waals surface area contributed by atoms with E-state index < -0.39 is 0 Å². The molecule has 0 amide bonds. The van der Waals surface area contributed by atoms with Crippen LogP contribution >= 0.6 is 11.3 Å². The van der Waals surface area contributed by atoms with Gasteiger partial charge in [0.2, 0.25) is 0 Å². The Kier molecular flexibility index (Phi) is 5.10. The zero-order valence-electron chi connectivity index (χ0n) is 19.9. The quantitative estimate of drug-likeness (QED) is 0.153. The van der Waals surface area contributed by atoms with Crippen molar-refractivity contribution in [3.05, 3.63) is 130 Å². The maximum Gasteiger partial charge on any atom is 0.197 e. The third kappa shape index (κ3) is 3.65. The van der Waals surface area contributed by atoms with Crippen molar-refractivity contribution in [1.82, 2.24) is 14.5 Å². The molecule has 5 nitrogen and oxygen atoms in total. The van der Waals surface area contributed by atoms with Gasteiger partial charge in [0.1, 0.15) is 5.82 Å². The lowest BCUT2D eigenvalue weighted by atomic mass is 10.0. The van der Waals surface area contributed by atoms with Crippen LogP contribution in [0.3, 0.4) is 0 Å². The van der Waals surface area contributed by atoms with Gasteiger partial charge in [0.05, 0.1) is 5.57 Å². The van der Waals surface area contributed by atoms with Gasteiger partial charge in [0.15, 0.2) is 27.1 Å². The molecule has 4 aromatic carbocycles. The third-order valence-corrected chi connectivity index (χ3v) is 7.34. The maximum absolute atomic E-state index is 13.4. The van der Waals surface area contributed by atoms with E-state index in [0.29, 0.717) is 32.4 Å². The lowest BCUT2D eigenvalue weighted by Gasteiger charge is -2.06. The molecule has 2 heterocycles. The molecule has 7 rings (SSSR count). The Morgan fingerprint density at radius 3 is 1.97 bits per heavy atom. The van der Waals surface area contributed by atoms with Crippen LogP contribution in [0.25, 0.3) is 33.0 Å². The van der Waals surface area contributed by atoms with E-state index in [1.54, 1.807) is 18.2 Å². The Labute approximate surface area is 221 Å². The highest BCUT2D eigenvalue weighted by molar-refractivity contribution is 7.18. The Hall–Kier alpha value is -5.12. The van der Waals surface area contributed by atoms with Gasteiger partial charge in [-0.2, -0.15) is 0 Å². The first-order valence-electron chi connectivity index (χ1n) is 12.0. The van der Waals surface area contributed by atoms with Crippen molar-refractivity contribution in [2.24, 2.45) is 0 Å². The predicted molar refractivity (Wildman–Crippen MR) is 150 cm³/mol. The first kappa shape index (κ1) is 22.1. The van der Waals surface area contributed by atoms with E-state index in [2.05, 4.69) is 11.8 Å². The number of rotatable bonds is 2. The van der Waals surface area contributed by atoms with Gasteiger partial charge in [-0.15, -0.1) is 0 Å². The number of aromatic nitrogens is 3. The second-order valence-electron chi connectivity index (χ2n) is 8.87. The van der Waals surface area contributed by atoms with E-state index in [0.717, 1.165) is 22.0 Å². The number of fused-ring (bicyclic) bond motifs is 3. The van der Waals surface area contributed by atoms with Gasteiger partial charge in [-0.05, 0) is 59.2 Å². The molecule has 38 heavy (non-hydrogen) atoms. The van der Waals surface area contributed by atoms with E-state index >= 15 is 0 Å². The number of allylic oxidation sites excluding steroid dienone is 1. The number of hydrogen-bond donors (Lipinski definition) is 0. The minimum Gasteiger partial charge on any atom is -0.288 e. The number of ketones is 2. The van der Waals surface area contributed by atoms with E-state index in [9.17, 15) is 9.59 Å². The van der Waals surface area contributed by atoms with Crippen LogP contribution in [0.15, 0.2) is 103 Å². The predicted octanol–water partition coefficient (Wildman–Crippen LogP) is 6.50. The van der Waals surface area contributed by atoms with Crippen molar-refractivity contribution >= 4 is 50.2 Å². The SMILES string of the molecule is O=C1C(=Cc2nc3sc(C#Cc4ccccc4)nc3n2-c2ccccc2)C(=O)c2cc3ccccc3cc21. The van der Waals surface area contributed by atoms with Crippen LogP contribution in [0.1, 0.15) is 37.1 Å². The van der Waals surface area contributed by atoms with Crippen LogP contribution < -0.4 is 0 Å². The number of nitrogens with zero attached hydrogens (tertiary/aromatic N) is 3. The molecular weight excluding hydrogens is 490 g/mol. The third-order valence-electron chi connectivity index (χ3n) is 6.49. The summed E-state index contributed by atoms with van der Waals surface area (Å²) in [5.41, 5.74) is 3.33. The fourth-order valence-electron chi connectivity index (χ4n) is 4.68. The number of para-hydroxylation sites is 1. The Balaban J connectivity index is 1.36. The highest BCUT2D eigenvalue weighted by Gasteiger charge is 2.34. The summed E-state index contributed by atoms with van der Waals surface area (Å²) in [4.78, 5) is 37.0. The van der Waals surface area contributed by atoms with E-state index in [1.165, 1.54) is 11.3 Å². The van der Waals surface area contributed by atoms with Crippen molar-refractivity contribution in [2.75, 3.05) is 0 Å². The molecule has 0 spiro atoms. The number of carbonyl (C=O) groups excluding carboxylic acids is 2. The molecule has 0 saturated carbocycles. The van der Waals surface area contributed by atoms with Gasteiger partial charge in [-0.1, -0.05) is 77.9 Å². The highest BCUT2D eigenvalue weighted by Crippen LogP contribution is 2.33. The van der Waals surface area contributed by atoms with Gasteiger partial charge in [0.25, 0.3) is 0 Å². The van der Waals surface area contributed by atoms with Crippen molar-refractivity contribution in [3.8, 4) is 17.5 Å². The second-order valence-corrected chi connectivity index (χ2v) is 9.84. The first-order valence-corrected chi connectivity index (χ1v) is 12.8. The van der Waals surface area contributed by atoms with Crippen LogP contribution in [0.4, 0.5) is 0 Å². The molecule has 2 aromatic heterocycles. The number of imidazole rings is 1. The van der Waals surface area contributed by atoms with E-state index in [1.807, 2.05) is 89.5 Å². The molecule has 0 radical (unpaired) electrons. The normalized spacial score (nSPS) is 12.6. The molecule has 0 fully saturated rings. The minimum absolute atomic E-state index is 0.106. The largest absolute Gasteiger partial charge is 0.288 e. The van der Waals surface area contributed by atoms with Crippen LogP contribution in [-0.4, -0.2) is 26.1 Å². The van der Waals surface area contributed by atoms with Crippen LogP contribution in [0.2, 0.25) is 0 Å². The van der Waals surface area contributed by atoms with Crippen molar-refractivity contribution in [3.63, 3.8) is 0 Å². The molecule has 0 saturated heterocycles. The van der Waals surface area contributed by atoms with Crippen LogP contribution in [0, 0.1) is 11.8 Å². The minimum atomic E-state index is -0.288. The first-order chi connectivity index (χ1) is 18.7. The smallest absolute Gasteiger partial charge is 0.197 e. The summed E-state index contributed by atoms with van der Waals surface area (Å²) >= 11 is 1.38. The summed E-state index contributed by atoms with van der Waals surface area (Å²) < 4.78 is 1.87. The number of hydrogen-bond acceptors (Lipinski definition) is 5. The van der Waals surface area contributed by atoms with Gasteiger partial charge < -0.3 is 0 Å². The van der Waals surface area contributed by atoms with Crippen molar-refractivity contribution in [2.45, 2.75) is 0 Å². The molecule has 178 valence electrons. The fourth-order valence-corrected chi connectivity index (χ4v) is 5.47. The fraction of sp³-hybridized carbons (Fsp3) is 0. The zero-order chi connectivity index (χ0) is 25.6. The highest BCUT2D eigenvalue weighted by atomic mass is 32.1. The van der Waals surface area contributed by atoms with Crippen molar-refractivity contribution in [1.29, 1.82) is 0 Å². The molecule has 0 unspecified atom stereocenters. The van der Waals surface area contributed by atoms with Gasteiger partial charge in [0, 0.05) is 22.4 Å². The number of Topliss-reactive ketones (excluding diaryl/α,β-unsaturated/α-hetero) is 2. The lowest BCUT2D eigenvalue weighted by Crippen LogP contribution is -2.04. The van der Waals surface area contributed by atoms with Crippen LogP contribution in [0.5, 0.6) is 0 Å². The lowest BCUT2D eigenvalue weighted by molar-refractivity contribution is 0.0990. The molecule has 6 aromatic rings. The Morgan fingerprint density at radius 1 is 0.711 bits per heavy atom. The molecule has 6 heteroatoms. The van der Waals surface area contributed by atoms with Crippen LogP contribution in [-0.2, 0) is 0 Å². The standard InChI is InChI=1S/C32H17N3O2S/c36-29-24-17-21-11-7-8-12-22(21)18-25(24)30(37)26(29)19-27-33-32-31(35(27)23-13-5-2-6-14-23)34-28(38-32)16-15-20-9-3-1-4-10-20/h1-14,17-19H. The summed E-state index contributed by atoms with van der Waals surface area (Å²) in [5, 5.41) is 2.49. The van der Waals surface area contributed by atoms with Gasteiger partial charge >= 0.3 is 0 Å². The molecular formula is C32H17N3O2S. The Morgan fingerprint density at radius 2 is 1.32 bits per heavy atom. The summed E-state index contributed by atoms with van der Waals surface area (Å²) in [6.07, 6.45) is 1.59. The molecule has 0 aliphatic heterocycles. The molecule has 1 aliphatic rings. The summed E-state index contributed by atoms with van der Waals surface area (Å²) in [5.74, 6) is 6.17. The number of benzene rings is 4. The van der Waals surface area contributed by atoms with E-state index in [4.69, 9.17) is 9.97 Å². The van der Waals surface area contributed by atoms with E-state index in [-0.39, 0.29) is 17.1 Å². The van der Waals surface area contributed by atoms with Gasteiger partial charge in [-0.25, -0.2) is 9.97 Å². The van der Waals surface area contributed by atoms with Gasteiger partial charge in [-0.3, -0.25) is 14.2 Å². The monoisotopic (exact) mass is 507 g/mol.